The van der Waals surface area contributed by atoms with E-state index in [-0.39, 0.29) is 17.9 Å². The van der Waals surface area contributed by atoms with E-state index >= 15 is 0 Å². The molecule has 4 rings (SSSR count). The number of morpholine rings is 1. The number of nitrogens with one attached hydrogen (secondary N) is 1. The van der Waals surface area contributed by atoms with E-state index < -0.39 is 0 Å². The van der Waals surface area contributed by atoms with Gasteiger partial charge in [-0.1, -0.05) is 36.4 Å². The topological polar surface area (TPSA) is 61.9 Å². The van der Waals surface area contributed by atoms with Crippen molar-refractivity contribution in [2.24, 2.45) is 0 Å². The molecule has 1 atom stereocenters. The quantitative estimate of drug-likeness (QED) is 0.819. The summed E-state index contributed by atoms with van der Waals surface area (Å²) in [5.74, 6) is -0.0149. The zero-order valence-electron chi connectivity index (χ0n) is 16.5. The lowest BCUT2D eigenvalue weighted by Gasteiger charge is -2.33. The van der Waals surface area contributed by atoms with Gasteiger partial charge in [0.1, 0.15) is 0 Å². The summed E-state index contributed by atoms with van der Waals surface area (Å²) in [6, 6.07) is 17.7. The van der Waals surface area contributed by atoms with Gasteiger partial charge < -0.3 is 15.0 Å². The van der Waals surface area contributed by atoms with Crippen molar-refractivity contribution in [1.82, 2.24) is 10.2 Å². The first kappa shape index (κ1) is 19.6. The second kappa shape index (κ2) is 9.20. The van der Waals surface area contributed by atoms with E-state index in [9.17, 15) is 9.59 Å². The maximum Gasteiger partial charge on any atom is 0.251 e. The van der Waals surface area contributed by atoms with Crippen LogP contribution in [0.1, 0.15) is 28.8 Å². The van der Waals surface area contributed by atoms with E-state index in [0.29, 0.717) is 25.1 Å². The molecule has 2 fully saturated rings. The lowest BCUT2D eigenvalue weighted by atomic mass is 10.1. The van der Waals surface area contributed by atoms with Gasteiger partial charge in [0, 0.05) is 50.4 Å². The molecule has 0 saturated carbocycles. The SMILES string of the molecule is O=C(NCC1CN(Cc2ccccc2)CCO1)c1cccc(N2CCCC2=O)c1. The third-order valence-corrected chi connectivity index (χ3v) is 5.46. The molecule has 2 aliphatic heterocycles. The third-order valence-electron chi connectivity index (χ3n) is 5.46. The van der Waals surface area contributed by atoms with Crippen LogP contribution in [0.15, 0.2) is 54.6 Å². The molecule has 2 aromatic carbocycles. The number of carbonyl (C=O) groups excluding carboxylic acids is 2. The predicted octanol–water partition coefficient (Wildman–Crippen LogP) is 2.44. The zero-order chi connectivity index (χ0) is 20.1. The molecule has 2 amide bonds. The van der Waals surface area contributed by atoms with Crippen molar-refractivity contribution in [2.45, 2.75) is 25.5 Å². The van der Waals surface area contributed by atoms with Gasteiger partial charge in [-0.15, -0.1) is 0 Å². The highest BCUT2D eigenvalue weighted by Crippen LogP contribution is 2.22. The van der Waals surface area contributed by atoms with Crippen molar-refractivity contribution >= 4 is 17.5 Å². The predicted molar refractivity (Wildman–Crippen MR) is 112 cm³/mol. The Morgan fingerprint density at radius 2 is 1.97 bits per heavy atom. The number of amides is 2. The monoisotopic (exact) mass is 393 g/mol. The van der Waals surface area contributed by atoms with Crippen molar-refractivity contribution in [2.75, 3.05) is 37.7 Å². The highest BCUT2D eigenvalue weighted by molar-refractivity contribution is 5.99. The van der Waals surface area contributed by atoms with Crippen molar-refractivity contribution < 1.29 is 14.3 Å². The second-order valence-electron chi connectivity index (χ2n) is 7.62. The van der Waals surface area contributed by atoms with Crippen LogP contribution in [0.3, 0.4) is 0 Å². The molecule has 29 heavy (non-hydrogen) atoms. The summed E-state index contributed by atoms with van der Waals surface area (Å²) in [5.41, 5.74) is 2.65. The average Bonchev–Trinajstić information content (AvgIpc) is 3.19. The highest BCUT2D eigenvalue weighted by atomic mass is 16.5. The van der Waals surface area contributed by atoms with Crippen molar-refractivity contribution in [3.63, 3.8) is 0 Å². The zero-order valence-corrected chi connectivity index (χ0v) is 16.5. The third kappa shape index (κ3) is 5.02. The molecule has 6 nitrogen and oxygen atoms in total. The largest absolute Gasteiger partial charge is 0.374 e. The molecule has 1 unspecified atom stereocenters. The fourth-order valence-corrected chi connectivity index (χ4v) is 3.93. The Morgan fingerprint density at radius 1 is 1.10 bits per heavy atom. The molecule has 2 heterocycles. The van der Waals surface area contributed by atoms with E-state index in [0.717, 1.165) is 38.3 Å². The second-order valence-corrected chi connectivity index (χ2v) is 7.62. The molecule has 2 saturated heterocycles. The Morgan fingerprint density at radius 3 is 2.76 bits per heavy atom. The maximum absolute atomic E-state index is 12.6. The van der Waals surface area contributed by atoms with Crippen molar-refractivity contribution in [3.8, 4) is 0 Å². The van der Waals surface area contributed by atoms with Crippen molar-refractivity contribution in [3.05, 3.63) is 65.7 Å². The summed E-state index contributed by atoms with van der Waals surface area (Å²) in [5, 5.41) is 2.99. The number of hydrogen-bond acceptors (Lipinski definition) is 4. The summed E-state index contributed by atoms with van der Waals surface area (Å²) in [4.78, 5) is 28.7. The van der Waals surface area contributed by atoms with Crippen LogP contribution in [0.2, 0.25) is 0 Å². The van der Waals surface area contributed by atoms with Crippen molar-refractivity contribution in [1.29, 1.82) is 0 Å². The van der Waals surface area contributed by atoms with E-state index in [1.807, 2.05) is 18.2 Å². The van der Waals surface area contributed by atoms with Gasteiger partial charge in [0.05, 0.1) is 12.7 Å². The number of ether oxygens (including phenoxy) is 1. The molecule has 2 aliphatic rings. The number of rotatable bonds is 6. The minimum absolute atomic E-state index is 0.0280. The maximum atomic E-state index is 12.6. The summed E-state index contributed by atoms with van der Waals surface area (Å²) in [6.07, 6.45) is 1.42. The van der Waals surface area contributed by atoms with E-state index in [4.69, 9.17) is 4.74 Å². The molecule has 0 aromatic heterocycles. The molecular formula is C23H27N3O3. The molecule has 1 N–H and O–H groups in total. The average molecular weight is 393 g/mol. The standard InChI is InChI=1S/C23H27N3O3/c27-22-10-5-11-26(22)20-9-4-8-19(14-20)23(28)24-15-21-17-25(12-13-29-21)16-18-6-2-1-3-7-18/h1-4,6-9,14,21H,5,10-13,15-17H2,(H,24,28). The summed E-state index contributed by atoms with van der Waals surface area (Å²) in [7, 11) is 0. The number of nitrogens with zero attached hydrogens (tertiary/aromatic N) is 2. The van der Waals surface area contributed by atoms with Gasteiger partial charge in [-0.25, -0.2) is 0 Å². The van der Waals surface area contributed by atoms with Gasteiger partial charge in [0.2, 0.25) is 5.91 Å². The molecular weight excluding hydrogens is 366 g/mol. The molecule has 6 heteroatoms. The minimum atomic E-state index is -0.137. The first-order valence-electron chi connectivity index (χ1n) is 10.3. The molecule has 0 radical (unpaired) electrons. The Bertz CT molecular complexity index is 855. The Hall–Kier alpha value is -2.70. The fourth-order valence-electron chi connectivity index (χ4n) is 3.93. The first-order valence-corrected chi connectivity index (χ1v) is 10.3. The first-order chi connectivity index (χ1) is 14.2. The summed E-state index contributed by atoms with van der Waals surface area (Å²) < 4.78 is 5.84. The van der Waals surface area contributed by atoms with E-state index in [1.54, 1.807) is 17.0 Å². The highest BCUT2D eigenvalue weighted by Gasteiger charge is 2.23. The van der Waals surface area contributed by atoms with Gasteiger partial charge in [0.15, 0.2) is 0 Å². The van der Waals surface area contributed by atoms with Crippen LogP contribution in [-0.4, -0.2) is 55.6 Å². The molecule has 0 aliphatic carbocycles. The van der Waals surface area contributed by atoms with Crippen LogP contribution in [0.4, 0.5) is 5.69 Å². The molecule has 152 valence electrons. The Labute approximate surface area is 171 Å². The number of benzene rings is 2. The van der Waals surface area contributed by atoms with Gasteiger partial charge >= 0.3 is 0 Å². The molecule has 0 bridgehead atoms. The smallest absolute Gasteiger partial charge is 0.251 e. The van der Waals surface area contributed by atoms with E-state index in [1.165, 1.54) is 5.56 Å². The fraction of sp³-hybridized carbons (Fsp3) is 0.391. The van der Waals surface area contributed by atoms with Crippen LogP contribution in [0.5, 0.6) is 0 Å². The summed E-state index contributed by atoms with van der Waals surface area (Å²) in [6.45, 7) is 4.43. The Balaban J connectivity index is 1.30. The van der Waals surface area contributed by atoms with Gasteiger partial charge in [-0.05, 0) is 30.2 Å². The normalized spacial score (nSPS) is 20.1. The number of anilines is 1. The van der Waals surface area contributed by atoms with Gasteiger partial charge in [-0.2, -0.15) is 0 Å². The van der Waals surface area contributed by atoms with Crippen LogP contribution in [-0.2, 0) is 16.1 Å². The molecule has 0 spiro atoms. The Kier molecular flexibility index (Phi) is 6.22. The van der Waals surface area contributed by atoms with Crippen LogP contribution < -0.4 is 10.2 Å². The lowest BCUT2D eigenvalue weighted by Crippen LogP contribution is -2.47. The summed E-state index contributed by atoms with van der Waals surface area (Å²) >= 11 is 0. The van der Waals surface area contributed by atoms with E-state index in [2.05, 4.69) is 34.5 Å². The minimum Gasteiger partial charge on any atom is -0.374 e. The van der Waals surface area contributed by atoms with Crippen LogP contribution >= 0.6 is 0 Å². The van der Waals surface area contributed by atoms with Crippen LogP contribution in [0, 0.1) is 0 Å². The number of hydrogen-bond donors (Lipinski definition) is 1. The van der Waals surface area contributed by atoms with Gasteiger partial charge in [-0.3, -0.25) is 14.5 Å². The van der Waals surface area contributed by atoms with Gasteiger partial charge in [0.25, 0.3) is 5.91 Å². The lowest BCUT2D eigenvalue weighted by molar-refractivity contribution is -0.117. The van der Waals surface area contributed by atoms with Crippen LogP contribution in [0.25, 0.3) is 0 Å². The number of carbonyl (C=O) groups is 2. The molecule has 2 aromatic rings.